The second-order valence-corrected chi connectivity index (χ2v) is 7.50. The highest BCUT2D eigenvalue weighted by atomic mass is 16.1. The SMILES string of the molecule is CN1CCN(Cc2ccc(C(=O)NCc3cnc4ccccc4c3)cc2)CC1. The number of carbonyl (C=O) groups excluding carboxylic acids is 1. The summed E-state index contributed by atoms with van der Waals surface area (Å²) in [5, 5.41) is 4.08. The van der Waals surface area contributed by atoms with Crippen LogP contribution in [0.4, 0.5) is 0 Å². The first kappa shape index (κ1) is 18.6. The monoisotopic (exact) mass is 374 g/mol. The average Bonchev–Trinajstić information content (AvgIpc) is 2.74. The van der Waals surface area contributed by atoms with E-state index in [1.54, 1.807) is 0 Å². The predicted molar refractivity (Wildman–Crippen MR) is 112 cm³/mol. The molecule has 0 radical (unpaired) electrons. The second kappa shape index (κ2) is 8.50. The summed E-state index contributed by atoms with van der Waals surface area (Å²) in [5.74, 6) is -0.0562. The highest BCUT2D eigenvalue weighted by molar-refractivity contribution is 5.94. The maximum Gasteiger partial charge on any atom is 0.251 e. The summed E-state index contributed by atoms with van der Waals surface area (Å²) in [6.45, 7) is 5.84. The quantitative estimate of drug-likeness (QED) is 0.746. The summed E-state index contributed by atoms with van der Waals surface area (Å²) >= 11 is 0. The molecule has 1 saturated heterocycles. The van der Waals surface area contributed by atoms with Crippen molar-refractivity contribution < 1.29 is 4.79 Å². The lowest BCUT2D eigenvalue weighted by atomic mass is 10.1. The average molecular weight is 374 g/mol. The molecule has 1 N–H and O–H groups in total. The first-order valence-electron chi connectivity index (χ1n) is 9.79. The van der Waals surface area contributed by atoms with E-state index in [-0.39, 0.29) is 5.91 Å². The van der Waals surface area contributed by atoms with Crippen molar-refractivity contribution in [2.24, 2.45) is 0 Å². The number of pyridine rings is 1. The van der Waals surface area contributed by atoms with Gasteiger partial charge in [-0.05, 0) is 42.4 Å². The minimum Gasteiger partial charge on any atom is -0.348 e. The number of aromatic nitrogens is 1. The summed E-state index contributed by atoms with van der Waals surface area (Å²) in [6.07, 6.45) is 1.82. The molecular formula is C23H26N4O. The molecule has 4 rings (SSSR count). The van der Waals surface area contributed by atoms with Gasteiger partial charge in [-0.25, -0.2) is 0 Å². The Kier molecular flexibility index (Phi) is 5.65. The molecule has 0 aliphatic carbocycles. The molecule has 0 unspecified atom stereocenters. The number of likely N-dealkylation sites (N-methyl/N-ethyl adjacent to an activating group) is 1. The maximum atomic E-state index is 12.5. The van der Waals surface area contributed by atoms with E-state index < -0.39 is 0 Å². The van der Waals surface area contributed by atoms with Crippen molar-refractivity contribution in [2.45, 2.75) is 13.1 Å². The van der Waals surface area contributed by atoms with Crippen LogP contribution in [0.3, 0.4) is 0 Å². The van der Waals surface area contributed by atoms with Crippen LogP contribution in [0, 0.1) is 0 Å². The van der Waals surface area contributed by atoms with Gasteiger partial charge in [0.25, 0.3) is 5.91 Å². The lowest BCUT2D eigenvalue weighted by molar-refractivity contribution is 0.0951. The Morgan fingerprint density at radius 2 is 1.75 bits per heavy atom. The van der Waals surface area contributed by atoms with Crippen molar-refractivity contribution in [3.05, 3.63) is 77.5 Å². The summed E-state index contributed by atoms with van der Waals surface area (Å²) in [7, 11) is 2.17. The van der Waals surface area contributed by atoms with Crippen LogP contribution < -0.4 is 5.32 Å². The van der Waals surface area contributed by atoms with Crippen LogP contribution in [0.1, 0.15) is 21.5 Å². The highest BCUT2D eigenvalue weighted by Gasteiger charge is 2.14. The normalized spacial score (nSPS) is 15.6. The van der Waals surface area contributed by atoms with E-state index in [0.29, 0.717) is 12.1 Å². The van der Waals surface area contributed by atoms with Crippen molar-refractivity contribution in [3.63, 3.8) is 0 Å². The molecule has 0 atom stereocenters. The maximum absolute atomic E-state index is 12.5. The third kappa shape index (κ3) is 4.55. The predicted octanol–water partition coefficient (Wildman–Crippen LogP) is 2.91. The van der Waals surface area contributed by atoms with E-state index in [1.165, 1.54) is 5.56 Å². The third-order valence-corrected chi connectivity index (χ3v) is 5.32. The van der Waals surface area contributed by atoms with Gasteiger partial charge in [-0.3, -0.25) is 14.7 Å². The number of carbonyl (C=O) groups is 1. The zero-order valence-corrected chi connectivity index (χ0v) is 16.3. The number of rotatable bonds is 5. The topological polar surface area (TPSA) is 48.5 Å². The van der Waals surface area contributed by atoms with Crippen LogP contribution in [0.2, 0.25) is 0 Å². The zero-order chi connectivity index (χ0) is 19.3. The Morgan fingerprint density at radius 3 is 2.54 bits per heavy atom. The van der Waals surface area contributed by atoms with E-state index in [1.807, 2.05) is 42.6 Å². The Morgan fingerprint density at radius 1 is 1.00 bits per heavy atom. The van der Waals surface area contributed by atoms with Gasteiger partial charge in [-0.1, -0.05) is 30.3 Å². The Hall–Kier alpha value is -2.76. The van der Waals surface area contributed by atoms with Gasteiger partial charge in [-0.15, -0.1) is 0 Å². The van der Waals surface area contributed by atoms with Crippen molar-refractivity contribution in [1.29, 1.82) is 0 Å². The van der Waals surface area contributed by atoms with Gasteiger partial charge >= 0.3 is 0 Å². The van der Waals surface area contributed by atoms with Crippen molar-refractivity contribution in [3.8, 4) is 0 Å². The van der Waals surface area contributed by atoms with Gasteiger partial charge in [0, 0.05) is 56.4 Å². The van der Waals surface area contributed by atoms with E-state index in [9.17, 15) is 4.79 Å². The number of piperazine rings is 1. The number of amides is 1. The number of hydrogen-bond donors (Lipinski definition) is 1. The Labute approximate surface area is 166 Å². The molecule has 3 aromatic rings. The molecule has 1 fully saturated rings. The molecule has 1 aliphatic heterocycles. The highest BCUT2D eigenvalue weighted by Crippen LogP contribution is 2.13. The Bertz CT molecular complexity index is 946. The molecule has 1 aromatic heterocycles. The zero-order valence-electron chi connectivity index (χ0n) is 16.3. The van der Waals surface area contributed by atoms with Gasteiger partial charge in [0.2, 0.25) is 0 Å². The van der Waals surface area contributed by atoms with Gasteiger partial charge in [0.15, 0.2) is 0 Å². The molecule has 1 amide bonds. The fraction of sp³-hybridized carbons (Fsp3) is 0.304. The van der Waals surface area contributed by atoms with Crippen LogP contribution in [-0.4, -0.2) is 53.9 Å². The molecule has 2 heterocycles. The number of nitrogens with zero attached hydrogens (tertiary/aromatic N) is 3. The molecule has 0 spiro atoms. The molecule has 5 nitrogen and oxygen atoms in total. The van der Waals surface area contributed by atoms with E-state index in [0.717, 1.165) is 49.2 Å². The minimum absolute atomic E-state index is 0.0562. The summed E-state index contributed by atoms with van der Waals surface area (Å²) in [5.41, 5.74) is 3.91. The Balaban J connectivity index is 1.32. The molecule has 28 heavy (non-hydrogen) atoms. The fourth-order valence-corrected chi connectivity index (χ4v) is 3.52. The van der Waals surface area contributed by atoms with Gasteiger partial charge in [0.05, 0.1) is 5.52 Å². The number of para-hydroxylation sites is 1. The second-order valence-electron chi connectivity index (χ2n) is 7.50. The minimum atomic E-state index is -0.0562. The molecule has 0 bridgehead atoms. The summed E-state index contributed by atoms with van der Waals surface area (Å²) < 4.78 is 0. The smallest absolute Gasteiger partial charge is 0.251 e. The van der Waals surface area contributed by atoms with E-state index in [4.69, 9.17) is 0 Å². The number of benzene rings is 2. The molecular weight excluding hydrogens is 348 g/mol. The van der Waals surface area contributed by atoms with Crippen LogP contribution in [0.25, 0.3) is 10.9 Å². The largest absolute Gasteiger partial charge is 0.348 e. The van der Waals surface area contributed by atoms with Gasteiger partial charge in [0.1, 0.15) is 0 Å². The van der Waals surface area contributed by atoms with Crippen molar-refractivity contribution >= 4 is 16.8 Å². The number of fused-ring (bicyclic) bond motifs is 1. The van der Waals surface area contributed by atoms with Crippen LogP contribution in [0.5, 0.6) is 0 Å². The van der Waals surface area contributed by atoms with Gasteiger partial charge in [-0.2, -0.15) is 0 Å². The molecule has 0 saturated carbocycles. The first-order valence-corrected chi connectivity index (χ1v) is 9.79. The van der Waals surface area contributed by atoms with Crippen LogP contribution in [0.15, 0.2) is 60.8 Å². The molecule has 144 valence electrons. The molecule has 5 heteroatoms. The van der Waals surface area contributed by atoms with Crippen LogP contribution >= 0.6 is 0 Å². The molecule has 1 aliphatic rings. The lowest BCUT2D eigenvalue weighted by Gasteiger charge is -2.32. The van der Waals surface area contributed by atoms with Crippen molar-refractivity contribution in [2.75, 3.05) is 33.2 Å². The third-order valence-electron chi connectivity index (χ3n) is 5.32. The van der Waals surface area contributed by atoms with Gasteiger partial charge < -0.3 is 10.2 Å². The van der Waals surface area contributed by atoms with Crippen molar-refractivity contribution in [1.82, 2.24) is 20.1 Å². The fourth-order valence-electron chi connectivity index (χ4n) is 3.52. The first-order chi connectivity index (χ1) is 13.7. The van der Waals surface area contributed by atoms with E-state index in [2.05, 4.69) is 45.3 Å². The molecule has 2 aromatic carbocycles. The summed E-state index contributed by atoms with van der Waals surface area (Å²) in [6, 6.07) is 18.0. The summed E-state index contributed by atoms with van der Waals surface area (Å²) in [4.78, 5) is 21.7. The number of nitrogens with one attached hydrogen (secondary N) is 1. The number of hydrogen-bond acceptors (Lipinski definition) is 4. The standard InChI is InChI=1S/C23H26N4O/c1-26-10-12-27(13-11-26)17-18-6-8-20(9-7-18)23(28)25-16-19-14-21-4-2-3-5-22(21)24-15-19/h2-9,14-15H,10-13,16-17H2,1H3,(H,25,28). The van der Waals surface area contributed by atoms with E-state index >= 15 is 0 Å². The van der Waals surface area contributed by atoms with Crippen LogP contribution in [-0.2, 0) is 13.1 Å². The lowest BCUT2D eigenvalue weighted by Crippen LogP contribution is -2.43.